The maximum absolute atomic E-state index is 3.81. The summed E-state index contributed by atoms with van der Waals surface area (Å²) in [6, 6.07) is 1.74. The standard InChI is InChI=1S/C11H21N/c1-9-6-7-11(8-9)12-10-4-2-3-5-10/h9-12H,2-8H2,1H3/t9-,11+/m0/s1. The van der Waals surface area contributed by atoms with E-state index in [4.69, 9.17) is 0 Å². The summed E-state index contributed by atoms with van der Waals surface area (Å²) in [5.41, 5.74) is 0. The summed E-state index contributed by atoms with van der Waals surface area (Å²) in [5.74, 6) is 0.976. The fourth-order valence-corrected chi connectivity index (χ4v) is 2.78. The molecule has 70 valence electrons. The summed E-state index contributed by atoms with van der Waals surface area (Å²) in [7, 11) is 0. The van der Waals surface area contributed by atoms with Crippen LogP contribution >= 0.6 is 0 Å². The minimum Gasteiger partial charge on any atom is -0.311 e. The van der Waals surface area contributed by atoms with Crippen LogP contribution in [0.1, 0.15) is 51.9 Å². The molecule has 1 N–H and O–H groups in total. The molecular weight excluding hydrogens is 146 g/mol. The molecule has 1 heteroatoms. The van der Waals surface area contributed by atoms with E-state index in [0.717, 1.165) is 18.0 Å². The van der Waals surface area contributed by atoms with Crippen LogP contribution in [0.5, 0.6) is 0 Å². The van der Waals surface area contributed by atoms with E-state index in [2.05, 4.69) is 12.2 Å². The van der Waals surface area contributed by atoms with E-state index in [9.17, 15) is 0 Å². The van der Waals surface area contributed by atoms with Crippen LogP contribution < -0.4 is 5.32 Å². The van der Waals surface area contributed by atoms with Crippen LogP contribution in [0.15, 0.2) is 0 Å². The molecule has 0 radical (unpaired) electrons. The lowest BCUT2D eigenvalue weighted by molar-refractivity contribution is 0.426. The SMILES string of the molecule is C[C@H]1CC[C@@H](NC2CCCC2)C1. The second-order valence-corrected chi connectivity index (χ2v) is 4.76. The number of hydrogen-bond donors (Lipinski definition) is 1. The Morgan fingerprint density at radius 2 is 1.67 bits per heavy atom. The maximum Gasteiger partial charge on any atom is 0.00722 e. The molecular formula is C11H21N. The highest BCUT2D eigenvalue weighted by molar-refractivity contribution is 4.83. The lowest BCUT2D eigenvalue weighted by Crippen LogP contribution is -2.34. The first-order chi connectivity index (χ1) is 5.84. The second kappa shape index (κ2) is 3.78. The predicted molar refractivity (Wildman–Crippen MR) is 52.2 cm³/mol. The number of hydrogen-bond acceptors (Lipinski definition) is 1. The first-order valence-electron chi connectivity index (χ1n) is 5.60. The van der Waals surface area contributed by atoms with Crippen molar-refractivity contribution in [3.63, 3.8) is 0 Å². The fraction of sp³-hybridized carbons (Fsp3) is 1.00. The van der Waals surface area contributed by atoms with E-state index in [1.165, 1.54) is 44.9 Å². The smallest absolute Gasteiger partial charge is 0.00722 e. The first-order valence-corrected chi connectivity index (χ1v) is 5.60. The molecule has 0 aromatic carbocycles. The first kappa shape index (κ1) is 8.55. The highest BCUT2D eigenvalue weighted by Gasteiger charge is 2.24. The molecule has 2 fully saturated rings. The summed E-state index contributed by atoms with van der Waals surface area (Å²) >= 11 is 0. The van der Waals surface area contributed by atoms with Gasteiger partial charge in [0.1, 0.15) is 0 Å². The lowest BCUT2D eigenvalue weighted by Gasteiger charge is -2.18. The van der Waals surface area contributed by atoms with Crippen LogP contribution in [0.3, 0.4) is 0 Å². The van der Waals surface area contributed by atoms with Gasteiger partial charge in [0.15, 0.2) is 0 Å². The van der Waals surface area contributed by atoms with Crippen LogP contribution in [0, 0.1) is 5.92 Å². The van der Waals surface area contributed by atoms with Gasteiger partial charge in [-0.1, -0.05) is 19.8 Å². The molecule has 0 aromatic rings. The second-order valence-electron chi connectivity index (χ2n) is 4.76. The molecule has 0 spiro atoms. The van der Waals surface area contributed by atoms with Crippen LogP contribution in [-0.2, 0) is 0 Å². The minimum absolute atomic E-state index is 0.864. The van der Waals surface area contributed by atoms with Crippen molar-refractivity contribution >= 4 is 0 Å². The molecule has 0 unspecified atom stereocenters. The van der Waals surface area contributed by atoms with E-state index < -0.39 is 0 Å². The van der Waals surface area contributed by atoms with Gasteiger partial charge in [0, 0.05) is 12.1 Å². The van der Waals surface area contributed by atoms with Crippen molar-refractivity contribution < 1.29 is 0 Å². The van der Waals surface area contributed by atoms with Gasteiger partial charge in [0.2, 0.25) is 0 Å². The highest BCUT2D eigenvalue weighted by Crippen LogP contribution is 2.27. The molecule has 12 heavy (non-hydrogen) atoms. The molecule has 2 saturated carbocycles. The van der Waals surface area contributed by atoms with Crippen LogP contribution in [0.25, 0.3) is 0 Å². The minimum atomic E-state index is 0.864. The van der Waals surface area contributed by atoms with Gasteiger partial charge in [-0.2, -0.15) is 0 Å². The monoisotopic (exact) mass is 167 g/mol. The Bertz CT molecular complexity index is 138. The van der Waals surface area contributed by atoms with Gasteiger partial charge >= 0.3 is 0 Å². The topological polar surface area (TPSA) is 12.0 Å². The zero-order valence-electron chi connectivity index (χ0n) is 8.18. The van der Waals surface area contributed by atoms with E-state index in [-0.39, 0.29) is 0 Å². The van der Waals surface area contributed by atoms with Crippen LogP contribution in [0.4, 0.5) is 0 Å². The van der Waals surface area contributed by atoms with E-state index in [1.54, 1.807) is 0 Å². The average molecular weight is 167 g/mol. The van der Waals surface area contributed by atoms with E-state index >= 15 is 0 Å². The Hall–Kier alpha value is -0.0400. The van der Waals surface area contributed by atoms with Gasteiger partial charge in [0.05, 0.1) is 0 Å². The van der Waals surface area contributed by atoms with Crippen LogP contribution in [-0.4, -0.2) is 12.1 Å². The summed E-state index contributed by atoms with van der Waals surface area (Å²) in [6.07, 6.45) is 10.1. The Morgan fingerprint density at radius 1 is 0.917 bits per heavy atom. The Labute approximate surface area is 75.9 Å². The van der Waals surface area contributed by atoms with Crippen molar-refractivity contribution in [2.24, 2.45) is 5.92 Å². The molecule has 2 rings (SSSR count). The summed E-state index contributed by atoms with van der Waals surface area (Å²) < 4.78 is 0. The highest BCUT2D eigenvalue weighted by atomic mass is 15.0. The molecule has 0 amide bonds. The molecule has 0 aromatic heterocycles. The van der Waals surface area contributed by atoms with Crippen molar-refractivity contribution in [1.82, 2.24) is 5.32 Å². The molecule has 1 nitrogen and oxygen atoms in total. The van der Waals surface area contributed by atoms with Gasteiger partial charge in [0.25, 0.3) is 0 Å². The third kappa shape index (κ3) is 2.01. The van der Waals surface area contributed by atoms with Crippen molar-refractivity contribution in [2.75, 3.05) is 0 Å². The summed E-state index contributed by atoms with van der Waals surface area (Å²) in [5, 5.41) is 3.81. The van der Waals surface area contributed by atoms with Gasteiger partial charge in [-0.25, -0.2) is 0 Å². The number of rotatable bonds is 2. The molecule has 0 heterocycles. The molecule has 0 bridgehead atoms. The Balaban J connectivity index is 1.72. The molecule has 0 aliphatic heterocycles. The van der Waals surface area contributed by atoms with Gasteiger partial charge in [-0.3, -0.25) is 0 Å². The normalized spacial score (nSPS) is 37.8. The molecule has 2 aliphatic rings. The quantitative estimate of drug-likeness (QED) is 0.667. The zero-order chi connectivity index (χ0) is 8.39. The van der Waals surface area contributed by atoms with Gasteiger partial charge in [-0.15, -0.1) is 0 Å². The Kier molecular flexibility index (Phi) is 2.69. The van der Waals surface area contributed by atoms with E-state index in [0.29, 0.717) is 0 Å². The van der Waals surface area contributed by atoms with Gasteiger partial charge < -0.3 is 5.32 Å². The zero-order valence-corrected chi connectivity index (χ0v) is 8.18. The van der Waals surface area contributed by atoms with Gasteiger partial charge in [-0.05, 0) is 38.0 Å². The average Bonchev–Trinajstić information content (AvgIpc) is 2.63. The van der Waals surface area contributed by atoms with Crippen molar-refractivity contribution in [3.05, 3.63) is 0 Å². The molecule has 0 saturated heterocycles. The third-order valence-electron chi connectivity index (χ3n) is 3.52. The van der Waals surface area contributed by atoms with E-state index in [1.807, 2.05) is 0 Å². The maximum atomic E-state index is 3.81. The predicted octanol–water partition coefficient (Wildman–Crippen LogP) is 2.71. The summed E-state index contributed by atoms with van der Waals surface area (Å²) in [4.78, 5) is 0. The van der Waals surface area contributed by atoms with Crippen molar-refractivity contribution in [3.8, 4) is 0 Å². The lowest BCUT2D eigenvalue weighted by atomic mass is 10.1. The van der Waals surface area contributed by atoms with Crippen molar-refractivity contribution in [2.45, 2.75) is 64.0 Å². The molecule has 2 atom stereocenters. The fourth-order valence-electron chi connectivity index (χ4n) is 2.78. The third-order valence-corrected chi connectivity index (χ3v) is 3.52. The van der Waals surface area contributed by atoms with Crippen molar-refractivity contribution in [1.29, 1.82) is 0 Å². The molecule has 2 aliphatic carbocycles. The largest absolute Gasteiger partial charge is 0.311 e. The van der Waals surface area contributed by atoms with Crippen LogP contribution in [0.2, 0.25) is 0 Å². The number of nitrogens with one attached hydrogen (secondary N) is 1. The Morgan fingerprint density at radius 3 is 2.25 bits per heavy atom. The summed E-state index contributed by atoms with van der Waals surface area (Å²) in [6.45, 7) is 2.39.